The fourth-order valence-electron chi connectivity index (χ4n) is 6.63. The van der Waals surface area contributed by atoms with Crippen LogP contribution in [0.3, 0.4) is 0 Å². The summed E-state index contributed by atoms with van der Waals surface area (Å²) in [5, 5.41) is 23.1. The highest BCUT2D eigenvalue weighted by atomic mass is 32.2. The molecule has 10 heteroatoms. The van der Waals surface area contributed by atoms with Gasteiger partial charge in [-0.25, -0.2) is 18.2 Å². The molecule has 0 amide bonds. The van der Waals surface area contributed by atoms with Crippen LogP contribution >= 0.6 is 0 Å². The average molecular weight is 619 g/mol. The van der Waals surface area contributed by atoms with E-state index in [1.807, 2.05) is 16.7 Å². The Labute approximate surface area is 253 Å². The van der Waals surface area contributed by atoms with E-state index >= 15 is 0 Å². The molecule has 1 atom stereocenters. The molecule has 43 heavy (non-hydrogen) atoms. The minimum Gasteiger partial charge on any atom is -0.505 e. The van der Waals surface area contributed by atoms with Crippen molar-refractivity contribution in [3.8, 4) is 0 Å². The number of nitrogens with zero attached hydrogens (tertiary/aromatic N) is 2. The highest BCUT2D eigenvalue weighted by molar-refractivity contribution is 7.91. The van der Waals surface area contributed by atoms with Crippen LogP contribution in [0.1, 0.15) is 42.1 Å². The normalized spacial score (nSPS) is 19.6. The van der Waals surface area contributed by atoms with E-state index in [-0.39, 0.29) is 31.0 Å². The molecule has 0 saturated carbocycles. The van der Waals surface area contributed by atoms with Gasteiger partial charge in [0.2, 0.25) is 0 Å². The van der Waals surface area contributed by atoms with Crippen molar-refractivity contribution in [2.75, 3.05) is 12.4 Å². The van der Waals surface area contributed by atoms with Crippen LogP contribution in [0, 0.1) is 0 Å². The first-order valence-corrected chi connectivity index (χ1v) is 20.0. The molecule has 3 aromatic rings. The molecule has 3 heterocycles. The van der Waals surface area contributed by atoms with Crippen molar-refractivity contribution in [2.45, 2.75) is 74.8 Å². The second-order valence-electron chi connectivity index (χ2n) is 12.7. The summed E-state index contributed by atoms with van der Waals surface area (Å²) in [6, 6.07) is 17.0. The smallest absolute Gasteiger partial charge is 0.342 e. The number of aromatic nitrogens is 2. The van der Waals surface area contributed by atoms with Gasteiger partial charge in [0.25, 0.3) is 0 Å². The maximum atomic E-state index is 12.7. The van der Waals surface area contributed by atoms with Crippen LogP contribution in [0.25, 0.3) is 11.8 Å². The Morgan fingerprint density at radius 1 is 1.09 bits per heavy atom. The number of aryl methyl sites for hydroxylation is 1. The molecule has 0 unspecified atom stereocenters. The Morgan fingerprint density at radius 3 is 2.60 bits per heavy atom. The number of benzene rings is 2. The Kier molecular flexibility index (Phi) is 7.51. The number of hydrogen-bond acceptors (Lipinski definition) is 7. The van der Waals surface area contributed by atoms with Gasteiger partial charge in [0.15, 0.2) is 15.4 Å². The number of cyclic esters (lactones) is 1. The number of ether oxygens (including phenoxy) is 1. The van der Waals surface area contributed by atoms with Crippen molar-refractivity contribution in [1.29, 1.82) is 0 Å². The molecule has 1 aliphatic carbocycles. The average Bonchev–Trinajstić information content (AvgIpc) is 3.35. The van der Waals surface area contributed by atoms with Gasteiger partial charge in [-0.1, -0.05) is 68.5 Å². The van der Waals surface area contributed by atoms with Crippen LogP contribution in [0.5, 0.6) is 0 Å². The monoisotopic (exact) mass is 618 g/mol. The molecular formula is C33H38N2O6SSi. The molecule has 2 aliphatic heterocycles. The Balaban J connectivity index is 1.21. The highest BCUT2D eigenvalue weighted by Gasteiger charge is 2.47. The number of hydrogen-bond donors (Lipinski definition) is 2. The van der Waals surface area contributed by atoms with Crippen LogP contribution in [0.4, 0.5) is 0 Å². The summed E-state index contributed by atoms with van der Waals surface area (Å²) < 4.78 is 32.8. The summed E-state index contributed by atoms with van der Waals surface area (Å²) >= 11 is 0. The lowest BCUT2D eigenvalue weighted by atomic mass is 9.80. The topological polar surface area (TPSA) is 119 Å². The summed E-state index contributed by atoms with van der Waals surface area (Å²) in [5.74, 6) is -0.491. The molecule has 2 N–H and O–H groups in total. The minimum atomic E-state index is -3.27. The standard InChI is InChI=1S/C33H38N2O6SSi/c1-4-33(38)27-19-28-30(31(36)26(27)21-41-32(33)37)35-20-25-22(10-8-11-23(25)18-29(35)34-28)14-17-43(2,3)16-9-15-42(39,40)24-12-6-5-7-13-24/h5-8,10-13,18,36,38H,4,9,14-17,19-21H2,1-3H3/t33-/m0/s1. The molecule has 0 saturated heterocycles. The minimum absolute atomic E-state index is 0.0164. The lowest BCUT2D eigenvalue weighted by molar-refractivity contribution is -0.163. The zero-order valence-corrected chi connectivity index (χ0v) is 26.7. The van der Waals surface area contributed by atoms with Gasteiger partial charge in [0.05, 0.1) is 22.9 Å². The van der Waals surface area contributed by atoms with E-state index in [9.17, 15) is 23.4 Å². The first-order valence-electron chi connectivity index (χ1n) is 14.9. The summed E-state index contributed by atoms with van der Waals surface area (Å²) in [5.41, 5.74) is 4.13. The number of imidazole rings is 1. The van der Waals surface area contributed by atoms with Crippen molar-refractivity contribution in [3.63, 3.8) is 0 Å². The second kappa shape index (κ2) is 10.9. The van der Waals surface area contributed by atoms with Gasteiger partial charge in [-0.2, -0.15) is 0 Å². The number of esters is 1. The summed E-state index contributed by atoms with van der Waals surface area (Å²) in [6.07, 6.45) is 4.04. The van der Waals surface area contributed by atoms with Gasteiger partial charge in [-0.05, 0) is 59.7 Å². The van der Waals surface area contributed by atoms with Crippen molar-refractivity contribution in [2.24, 2.45) is 0 Å². The van der Waals surface area contributed by atoms with E-state index in [1.165, 1.54) is 11.1 Å². The van der Waals surface area contributed by atoms with Crippen molar-refractivity contribution >= 4 is 35.7 Å². The number of aliphatic hydroxyl groups excluding tert-OH is 1. The van der Waals surface area contributed by atoms with Gasteiger partial charge in [0.1, 0.15) is 23.2 Å². The van der Waals surface area contributed by atoms with E-state index in [0.717, 1.165) is 29.6 Å². The largest absolute Gasteiger partial charge is 0.505 e. The van der Waals surface area contributed by atoms with Gasteiger partial charge < -0.3 is 19.5 Å². The molecule has 0 spiro atoms. The summed E-state index contributed by atoms with van der Waals surface area (Å²) in [6.45, 7) is 6.88. The van der Waals surface area contributed by atoms with Crippen molar-refractivity contribution in [3.05, 3.63) is 92.9 Å². The van der Waals surface area contributed by atoms with Gasteiger partial charge in [-0.3, -0.25) is 0 Å². The molecule has 0 radical (unpaired) electrons. The first-order chi connectivity index (χ1) is 20.4. The zero-order valence-electron chi connectivity index (χ0n) is 24.9. The zero-order chi connectivity index (χ0) is 30.6. The van der Waals surface area contributed by atoms with Crippen LogP contribution in [0.15, 0.2) is 64.6 Å². The quantitative estimate of drug-likeness (QED) is 0.218. The van der Waals surface area contributed by atoms with E-state index < -0.39 is 29.5 Å². The molecule has 1 aromatic heterocycles. The molecule has 0 fully saturated rings. The predicted octanol–water partition coefficient (Wildman–Crippen LogP) is 3.41. The van der Waals surface area contributed by atoms with Gasteiger partial charge in [0, 0.05) is 20.1 Å². The van der Waals surface area contributed by atoms with E-state index in [0.29, 0.717) is 40.1 Å². The summed E-state index contributed by atoms with van der Waals surface area (Å²) in [7, 11) is -4.95. The third-order valence-corrected chi connectivity index (χ3v) is 14.5. The van der Waals surface area contributed by atoms with E-state index in [4.69, 9.17) is 9.72 Å². The maximum Gasteiger partial charge on any atom is 0.342 e. The van der Waals surface area contributed by atoms with Crippen LogP contribution in [0.2, 0.25) is 25.2 Å². The lowest BCUT2D eigenvalue weighted by Crippen LogP contribution is -2.49. The van der Waals surface area contributed by atoms with Crippen LogP contribution in [-0.4, -0.2) is 60.2 Å². The predicted molar refractivity (Wildman–Crippen MR) is 167 cm³/mol. The van der Waals surface area contributed by atoms with Crippen LogP contribution < -0.4 is 10.8 Å². The van der Waals surface area contributed by atoms with E-state index in [1.54, 1.807) is 31.2 Å². The van der Waals surface area contributed by atoms with Gasteiger partial charge >= 0.3 is 5.97 Å². The molecule has 6 rings (SSSR count). The highest BCUT2D eigenvalue weighted by Crippen LogP contribution is 2.36. The number of fused-ring (bicyclic) bond motifs is 4. The fraction of sp³-hybridized carbons (Fsp3) is 0.394. The Bertz CT molecular complexity index is 1880. The molecule has 0 bridgehead atoms. The second-order valence-corrected chi connectivity index (χ2v) is 20.1. The number of carbonyl (C=O) groups is 1. The first kappa shape index (κ1) is 29.6. The maximum absolute atomic E-state index is 12.7. The molecule has 8 nitrogen and oxygen atoms in total. The Hall–Kier alpha value is -3.47. The van der Waals surface area contributed by atoms with Crippen molar-refractivity contribution < 1.29 is 28.2 Å². The Morgan fingerprint density at radius 2 is 1.86 bits per heavy atom. The summed E-state index contributed by atoms with van der Waals surface area (Å²) in [4.78, 5) is 17.7. The lowest BCUT2D eigenvalue weighted by Gasteiger charge is -2.35. The van der Waals surface area contributed by atoms with Gasteiger partial charge in [-0.15, -0.1) is 0 Å². The van der Waals surface area contributed by atoms with E-state index in [2.05, 4.69) is 31.3 Å². The van der Waals surface area contributed by atoms with Crippen molar-refractivity contribution in [1.82, 2.24) is 9.55 Å². The third-order valence-electron chi connectivity index (χ3n) is 9.33. The fourth-order valence-corrected chi connectivity index (χ4v) is 10.5. The molecule has 2 aromatic carbocycles. The SMILES string of the molecule is CC[C@@]1(O)C(=O)OCC2=C1Cc1nc3n(c1=C2O)Cc1c(cccc1CC[Si](C)(C)CCCS(=O)(=O)c1ccccc1)C=3. The molecule has 226 valence electrons. The molecular weight excluding hydrogens is 581 g/mol. The molecule has 3 aliphatic rings. The third kappa shape index (κ3) is 5.30. The number of carbonyl (C=O) groups excluding carboxylic acids is 1. The number of sulfone groups is 1. The number of aliphatic hydroxyl groups is 2. The van der Waals surface area contributed by atoms with Crippen LogP contribution in [-0.2, 0) is 38.8 Å². The number of rotatable bonds is 9.